The third-order valence-corrected chi connectivity index (χ3v) is 5.26. The Bertz CT molecular complexity index is 676. The molecule has 2 aromatic rings. The molecule has 1 aromatic carbocycles. The molecule has 0 radical (unpaired) electrons. The summed E-state index contributed by atoms with van der Waals surface area (Å²) in [5, 5.41) is 12.7. The Labute approximate surface area is 130 Å². The Morgan fingerprint density at radius 1 is 1.14 bits per heavy atom. The Morgan fingerprint density at radius 2 is 2.00 bits per heavy atom. The zero-order chi connectivity index (χ0) is 14.5. The first-order chi connectivity index (χ1) is 10.9. The van der Waals surface area contributed by atoms with Crippen LogP contribution in [-0.2, 0) is 6.54 Å². The summed E-state index contributed by atoms with van der Waals surface area (Å²) in [5.74, 6) is 0.954. The molecule has 5 heteroatoms. The molecular formula is C17H21N5. The van der Waals surface area contributed by atoms with E-state index in [1.807, 2.05) is 6.07 Å². The van der Waals surface area contributed by atoms with Crippen molar-refractivity contribution in [3.05, 3.63) is 36.0 Å². The van der Waals surface area contributed by atoms with E-state index in [4.69, 9.17) is 0 Å². The summed E-state index contributed by atoms with van der Waals surface area (Å²) in [6, 6.07) is 11.4. The molecule has 0 bridgehead atoms. The average molecular weight is 295 g/mol. The third kappa shape index (κ3) is 2.08. The molecule has 0 amide bonds. The Balaban J connectivity index is 1.44. The van der Waals surface area contributed by atoms with Crippen LogP contribution in [0.5, 0.6) is 0 Å². The van der Waals surface area contributed by atoms with E-state index in [1.54, 1.807) is 0 Å². The van der Waals surface area contributed by atoms with Gasteiger partial charge in [0, 0.05) is 37.8 Å². The van der Waals surface area contributed by atoms with E-state index in [0.29, 0.717) is 12.1 Å². The highest BCUT2D eigenvalue weighted by molar-refractivity contribution is 5.61. The lowest BCUT2D eigenvalue weighted by Gasteiger charge is -2.27. The Kier molecular flexibility index (Phi) is 2.85. The largest absolute Gasteiger partial charge is 0.305 e. The molecule has 3 heterocycles. The average Bonchev–Trinajstić information content (AvgIpc) is 3.10. The van der Waals surface area contributed by atoms with Gasteiger partial charge < -0.3 is 5.32 Å². The molecular weight excluding hydrogens is 274 g/mol. The highest BCUT2D eigenvalue weighted by Gasteiger charge is 2.40. The first-order valence-corrected chi connectivity index (χ1v) is 8.34. The molecule has 2 atom stereocenters. The summed E-state index contributed by atoms with van der Waals surface area (Å²) in [7, 11) is 0. The highest BCUT2D eigenvalue weighted by Crippen LogP contribution is 2.35. The van der Waals surface area contributed by atoms with Gasteiger partial charge in [0.15, 0.2) is 0 Å². The van der Waals surface area contributed by atoms with Gasteiger partial charge in [-0.2, -0.15) is 0 Å². The number of rotatable bonds is 3. The number of nitrogens with one attached hydrogen (secondary N) is 1. The van der Waals surface area contributed by atoms with Crippen LogP contribution < -0.4 is 5.32 Å². The molecule has 22 heavy (non-hydrogen) atoms. The van der Waals surface area contributed by atoms with Crippen molar-refractivity contribution in [3.8, 4) is 11.3 Å². The van der Waals surface area contributed by atoms with Crippen LogP contribution in [0.25, 0.3) is 11.3 Å². The standard InChI is InChI=1S/C17H21N5/c1-2-4-13(5-3-1)17-15-8-18-14-10-21(9-12-6-7-12)11-16(14)22(15)20-19-17/h1-5,12,14,16,18H,6-11H2/t14-,16-/m1/s1. The predicted molar refractivity (Wildman–Crippen MR) is 84.3 cm³/mol. The number of nitrogens with zero attached hydrogens (tertiary/aromatic N) is 4. The molecule has 2 aliphatic heterocycles. The molecule has 1 saturated carbocycles. The number of fused-ring (bicyclic) bond motifs is 3. The third-order valence-electron chi connectivity index (χ3n) is 5.26. The minimum atomic E-state index is 0.437. The van der Waals surface area contributed by atoms with Crippen LogP contribution in [0.4, 0.5) is 0 Å². The molecule has 5 nitrogen and oxygen atoms in total. The summed E-state index contributed by atoms with van der Waals surface area (Å²) >= 11 is 0. The Morgan fingerprint density at radius 3 is 2.82 bits per heavy atom. The minimum Gasteiger partial charge on any atom is -0.305 e. The van der Waals surface area contributed by atoms with Crippen molar-refractivity contribution >= 4 is 0 Å². The first kappa shape index (κ1) is 12.8. The van der Waals surface area contributed by atoms with Gasteiger partial charge in [-0.1, -0.05) is 35.5 Å². The molecule has 1 aromatic heterocycles. The van der Waals surface area contributed by atoms with Gasteiger partial charge >= 0.3 is 0 Å². The van der Waals surface area contributed by atoms with E-state index in [2.05, 4.69) is 49.5 Å². The zero-order valence-corrected chi connectivity index (χ0v) is 12.7. The van der Waals surface area contributed by atoms with Crippen LogP contribution in [0.3, 0.4) is 0 Å². The van der Waals surface area contributed by atoms with E-state index in [9.17, 15) is 0 Å². The topological polar surface area (TPSA) is 46.0 Å². The second-order valence-corrected chi connectivity index (χ2v) is 6.91. The van der Waals surface area contributed by atoms with Crippen LogP contribution in [0.1, 0.15) is 24.6 Å². The van der Waals surface area contributed by atoms with E-state index >= 15 is 0 Å². The fraction of sp³-hybridized carbons (Fsp3) is 0.529. The molecule has 3 aliphatic rings. The van der Waals surface area contributed by atoms with Gasteiger partial charge in [-0.15, -0.1) is 5.10 Å². The second-order valence-electron chi connectivity index (χ2n) is 6.91. The second kappa shape index (κ2) is 4.89. The van der Waals surface area contributed by atoms with Gasteiger partial charge in [-0.25, -0.2) is 4.68 Å². The zero-order valence-electron chi connectivity index (χ0n) is 12.7. The minimum absolute atomic E-state index is 0.437. The first-order valence-electron chi connectivity index (χ1n) is 8.34. The van der Waals surface area contributed by atoms with E-state index in [0.717, 1.165) is 36.8 Å². The van der Waals surface area contributed by atoms with Gasteiger partial charge in [0.25, 0.3) is 0 Å². The van der Waals surface area contributed by atoms with Crippen molar-refractivity contribution in [2.75, 3.05) is 19.6 Å². The van der Waals surface area contributed by atoms with E-state index in [-0.39, 0.29) is 0 Å². The fourth-order valence-corrected chi connectivity index (χ4v) is 3.92. The quantitative estimate of drug-likeness (QED) is 0.936. The van der Waals surface area contributed by atoms with Gasteiger partial charge in [-0.05, 0) is 18.8 Å². The molecule has 1 aliphatic carbocycles. The lowest BCUT2D eigenvalue weighted by atomic mass is 10.1. The van der Waals surface area contributed by atoms with Gasteiger partial charge in [0.05, 0.1) is 11.7 Å². The van der Waals surface area contributed by atoms with E-state index < -0.39 is 0 Å². The molecule has 114 valence electrons. The van der Waals surface area contributed by atoms with Crippen molar-refractivity contribution in [1.29, 1.82) is 0 Å². The van der Waals surface area contributed by atoms with E-state index in [1.165, 1.54) is 25.1 Å². The smallest absolute Gasteiger partial charge is 0.117 e. The maximum absolute atomic E-state index is 4.51. The monoisotopic (exact) mass is 295 g/mol. The van der Waals surface area contributed by atoms with Gasteiger partial charge in [0.2, 0.25) is 0 Å². The van der Waals surface area contributed by atoms with Crippen molar-refractivity contribution in [2.45, 2.75) is 31.5 Å². The maximum atomic E-state index is 4.51. The summed E-state index contributed by atoms with van der Waals surface area (Å²) in [4.78, 5) is 2.61. The highest BCUT2D eigenvalue weighted by atomic mass is 15.5. The maximum Gasteiger partial charge on any atom is 0.117 e. The van der Waals surface area contributed by atoms with Crippen molar-refractivity contribution in [1.82, 2.24) is 25.2 Å². The lowest BCUT2D eigenvalue weighted by molar-refractivity contribution is 0.303. The fourth-order valence-electron chi connectivity index (χ4n) is 3.92. The molecule has 1 saturated heterocycles. The number of aromatic nitrogens is 3. The number of benzene rings is 1. The SMILES string of the molecule is c1ccc(-c2nnn3c2CN[C@@H]2CN(CC4CC4)C[C@H]23)cc1. The van der Waals surface area contributed by atoms with Crippen LogP contribution in [-0.4, -0.2) is 45.6 Å². The van der Waals surface area contributed by atoms with Gasteiger partial charge in [0.1, 0.15) is 5.69 Å². The number of hydrogen-bond acceptors (Lipinski definition) is 4. The molecule has 2 fully saturated rings. The molecule has 1 N–H and O–H groups in total. The summed E-state index contributed by atoms with van der Waals surface area (Å²) in [5.41, 5.74) is 3.43. The normalized spacial score (nSPS) is 27.6. The molecule has 0 unspecified atom stereocenters. The molecule has 0 spiro atoms. The summed E-state index contributed by atoms with van der Waals surface area (Å²) in [6.45, 7) is 4.40. The molecule has 5 rings (SSSR count). The summed E-state index contributed by atoms with van der Waals surface area (Å²) in [6.07, 6.45) is 2.85. The number of hydrogen-bond donors (Lipinski definition) is 1. The van der Waals surface area contributed by atoms with Gasteiger partial charge in [-0.3, -0.25) is 4.90 Å². The number of likely N-dealkylation sites (tertiary alicyclic amines) is 1. The lowest BCUT2D eigenvalue weighted by Crippen LogP contribution is -2.42. The van der Waals surface area contributed by atoms with Crippen molar-refractivity contribution in [2.24, 2.45) is 5.92 Å². The van der Waals surface area contributed by atoms with Crippen molar-refractivity contribution < 1.29 is 0 Å². The predicted octanol–water partition coefficient (Wildman–Crippen LogP) is 1.68. The van der Waals surface area contributed by atoms with Crippen LogP contribution in [0.15, 0.2) is 30.3 Å². The summed E-state index contributed by atoms with van der Waals surface area (Å²) < 4.78 is 2.19. The van der Waals surface area contributed by atoms with Crippen LogP contribution in [0, 0.1) is 5.92 Å². The van der Waals surface area contributed by atoms with Crippen LogP contribution >= 0.6 is 0 Å². The van der Waals surface area contributed by atoms with Crippen LogP contribution in [0.2, 0.25) is 0 Å². The van der Waals surface area contributed by atoms with Crippen molar-refractivity contribution in [3.63, 3.8) is 0 Å². The Hall–Kier alpha value is -1.72.